The van der Waals surface area contributed by atoms with Gasteiger partial charge in [0.15, 0.2) is 0 Å². The van der Waals surface area contributed by atoms with E-state index in [-0.39, 0.29) is 23.6 Å². The standard InChI is InChI=1S/C16H18N4O3S/c1-9-17-13(8-24-9)16(22)18-12-6-23-7-14(12)20-15(21)5-10-3-2-4-11(10)19-20/h5,8,12,14H,2-4,6-7H2,1H3,(H,18,22). The summed E-state index contributed by atoms with van der Waals surface area (Å²) in [5, 5.41) is 10.0. The third kappa shape index (κ3) is 2.76. The van der Waals surface area contributed by atoms with Crippen LogP contribution in [0.15, 0.2) is 16.2 Å². The number of aromatic nitrogens is 3. The minimum absolute atomic E-state index is 0.130. The number of hydrogen-bond acceptors (Lipinski definition) is 6. The van der Waals surface area contributed by atoms with E-state index in [2.05, 4.69) is 15.4 Å². The lowest BCUT2D eigenvalue weighted by Gasteiger charge is -2.20. The van der Waals surface area contributed by atoms with Crippen molar-refractivity contribution in [1.82, 2.24) is 20.1 Å². The quantitative estimate of drug-likeness (QED) is 0.891. The van der Waals surface area contributed by atoms with E-state index in [4.69, 9.17) is 4.74 Å². The Hall–Kier alpha value is -2.06. The molecule has 3 heterocycles. The van der Waals surface area contributed by atoms with E-state index in [1.165, 1.54) is 16.0 Å². The summed E-state index contributed by atoms with van der Waals surface area (Å²) in [5.74, 6) is -0.242. The van der Waals surface area contributed by atoms with E-state index in [9.17, 15) is 9.59 Å². The van der Waals surface area contributed by atoms with Crippen LogP contribution in [0.2, 0.25) is 0 Å². The van der Waals surface area contributed by atoms with E-state index in [0.717, 1.165) is 35.5 Å². The number of rotatable bonds is 3. The Labute approximate surface area is 142 Å². The summed E-state index contributed by atoms with van der Waals surface area (Å²) in [5.41, 5.74) is 2.31. The molecule has 2 aliphatic rings. The SMILES string of the molecule is Cc1nc(C(=O)NC2COCC2n2nc3c(cc2=O)CCC3)cs1. The van der Waals surface area contributed by atoms with Gasteiger partial charge < -0.3 is 10.1 Å². The molecule has 1 aliphatic heterocycles. The van der Waals surface area contributed by atoms with Crippen LogP contribution in [0.3, 0.4) is 0 Å². The molecule has 1 saturated heterocycles. The van der Waals surface area contributed by atoms with Gasteiger partial charge in [0.2, 0.25) is 0 Å². The molecule has 7 nitrogen and oxygen atoms in total. The first kappa shape index (κ1) is 15.5. The Morgan fingerprint density at radius 2 is 2.29 bits per heavy atom. The van der Waals surface area contributed by atoms with Crippen LogP contribution in [-0.4, -0.2) is 39.9 Å². The Balaban J connectivity index is 1.57. The molecule has 2 atom stereocenters. The largest absolute Gasteiger partial charge is 0.377 e. The third-order valence-electron chi connectivity index (χ3n) is 4.52. The fourth-order valence-corrected chi connectivity index (χ4v) is 3.88. The summed E-state index contributed by atoms with van der Waals surface area (Å²) in [6, 6.07) is 1.10. The zero-order valence-electron chi connectivity index (χ0n) is 13.3. The maximum Gasteiger partial charge on any atom is 0.271 e. The molecule has 0 bridgehead atoms. The molecule has 0 saturated carbocycles. The van der Waals surface area contributed by atoms with Gasteiger partial charge in [-0.25, -0.2) is 9.67 Å². The van der Waals surface area contributed by atoms with Gasteiger partial charge in [-0.1, -0.05) is 0 Å². The number of amides is 1. The van der Waals surface area contributed by atoms with E-state index in [1.54, 1.807) is 11.4 Å². The molecule has 126 valence electrons. The van der Waals surface area contributed by atoms with Crippen LogP contribution in [0, 0.1) is 6.92 Å². The summed E-state index contributed by atoms with van der Waals surface area (Å²) in [6.45, 7) is 2.59. The van der Waals surface area contributed by atoms with Crippen molar-refractivity contribution in [3.63, 3.8) is 0 Å². The topological polar surface area (TPSA) is 86.1 Å². The second-order valence-corrected chi connectivity index (χ2v) is 7.25. The van der Waals surface area contributed by atoms with Crippen LogP contribution >= 0.6 is 11.3 Å². The highest BCUT2D eigenvalue weighted by Gasteiger charge is 2.33. The van der Waals surface area contributed by atoms with Gasteiger partial charge in [-0.2, -0.15) is 5.10 Å². The minimum atomic E-state index is -0.288. The predicted molar refractivity (Wildman–Crippen MR) is 88.5 cm³/mol. The summed E-state index contributed by atoms with van der Waals surface area (Å²) in [6.07, 6.45) is 2.86. The molecule has 8 heteroatoms. The maximum atomic E-state index is 12.4. The lowest BCUT2D eigenvalue weighted by molar-refractivity contribution is 0.0920. The van der Waals surface area contributed by atoms with Crippen LogP contribution in [0.1, 0.15) is 39.2 Å². The first-order valence-electron chi connectivity index (χ1n) is 8.04. The third-order valence-corrected chi connectivity index (χ3v) is 5.29. The van der Waals surface area contributed by atoms with Crippen molar-refractivity contribution in [2.24, 2.45) is 0 Å². The van der Waals surface area contributed by atoms with E-state index >= 15 is 0 Å². The fourth-order valence-electron chi connectivity index (χ4n) is 3.28. The molecular weight excluding hydrogens is 328 g/mol. The van der Waals surface area contributed by atoms with Crippen molar-refractivity contribution in [2.45, 2.75) is 38.3 Å². The molecule has 1 amide bonds. The van der Waals surface area contributed by atoms with Gasteiger partial charge >= 0.3 is 0 Å². The number of aryl methyl sites for hydroxylation is 3. The average Bonchev–Trinajstić information content (AvgIpc) is 3.27. The van der Waals surface area contributed by atoms with Crippen molar-refractivity contribution >= 4 is 17.2 Å². The van der Waals surface area contributed by atoms with Crippen LogP contribution in [0.5, 0.6) is 0 Å². The number of thiazole rings is 1. The first-order valence-corrected chi connectivity index (χ1v) is 8.92. The van der Waals surface area contributed by atoms with Gasteiger partial charge in [0, 0.05) is 11.4 Å². The van der Waals surface area contributed by atoms with Crippen molar-refractivity contribution in [2.75, 3.05) is 13.2 Å². The highest BCUT2D eigenvalue weighted by Crippen LogP contribution is 2.22. The molecular formula is C16H18N4O3S. The number of hydrogen-bond donors (Lipinski definition) is 1. The lowest BCUT2D eigenvalue weighted by Crippen LogP contribution is -2.44. The second kappa shape index (κ2) is 6.10. The maximum absolute atomic E-state index is 12.4. The van der Waals surface area contributed by atoms with Crippen molar-refractivity contribution < 1.29 is 9.53 Å². The smallest absolute Gasteiger partial charge is 0.271 e. The van der Waals surface area contributed by atoms with Crippen LogP contribution in [0.4, 0.5) is 0 Å². The summed E-state index contributed by atoms with van der Waals surface area (Å²) in [7, 11) is 0. The average molecular weight is 346 g/mol. The summed E-state index contributed by atoms with van der Waals surface area (Å²) < 4.78 is 6.99. The molecule has 0 spiro atoms. The molecule has 2 aromatic rings. The van der Waals surface area contributed by atoms with Crippen LogP contribution in [-0.2, 0) is 17.6 Å². The second-order valence-electron chi connectivity index (χ2n) is 6.19. The van der Waals surface area contributed by atoms with Gasteiger partial charge in [0.1, 0.15) is 11.7 Å². The fraction of sp³-hybridized carbons (Fsp3) is 0.500. The van der Waals surface area contributed by atoms with Crippen LogP contribution < -0.4 is 10.9 Å². The molecule has 1 fully saturated rings. The van der Waals surface area contributed by atoms with Crippen molar-refractivity contribution in [3.8, 4) is 0 Å². The molecule has 0 radical (unpaired) electrons. The van der Waals surface area contributed by atoms with Crippen molar-refractivity contribution in [3.05, 3.63) is 43.8 Å². The number of fused-ring (bicyclic) bond motifs is 1. The molecule has 2 aromatic heterocycles. The molecule has 1 N–H and O–H groups in total. The first-order chi connectivity index (χ1) is 11.6. The predicted octanol–water partition coefficient (Wildman–Crippen LogP) is 0.867. The number of ether oxygens (including phenoxy) is 1. The van der Waals surface area contributed by atoms with E-state index in [1.807, 2.05) is 6.92 Å². The molecule has 1 aliphatic carbocycles. The number of carbonyl (C=O) groups is 1. The van der Waals surface area contributed by atoms with Gasteiger partial charge in [0.05, 0.1) is 30.0 Å². The van der Waals surface area contributed by atoms with Gasteiger partial charge in [0.25, 0.3) is 11.5 Å². The van der Waals surface area contributed by atoms with Crippen molar-refractivity contribution in [1.29, 1.82) is 0 Å². The van der Waals surface area contributed by atoms with Gasteiger partial charge in [-0.05, 0) is 31.7 Å². The molecule has 4 rings (SSSR count). The highest BCUT2D eigenvalue weighted by atomic mass is 32.1. The monoisotopic (exact) mass is 346 g/mol. The Morgan fingerprint density at radius 3 is 3.08 bits per heavy atom. The number of nitrogens with one attached hydrogen (secondary N) is 1. The number of carbonyl (C=O) groups excluding carboxylic acids is 1. The minimum Gasteiger partial charge on any atom is -0.377 e. The van der Waals surface area contributed by atoms with Gasteiger partial charge in [-0.15, -0.1) is 11.3 Å². The summed E-state index contributed by atoms with van der Waals surface area (Å²) >= 11 is 1.43. The molecule has 2 unspecified atom stereocenters. The highest BCUT2D eigenvalue weighted by molar-refractivity contribution is 7.09. The Kier molecular flexibility index (Phi) is 3.93. The molecule has 24 heavy (non-hydrogen) atoms. The van der Waals surface area contributed by atoms with Crippen LogP contribution in [0.25, 0.3) is 0 Å². The zero-order valence-corrected chi connectivity index (χ0v) is 14.1. The Bertz CT molecular complexity index is 844. The molecule has 0 aromatic carbocycles. The van der Waals surface area contributed by atoms with Gasteiger partial charge in [-0.3, -0.25) is 9.59 Å². The summed E-state index contributed by atoms with van der Waals surface area (Å²) in [4.78, 5) is 28.9. The normalized spacial score (nSPS) is 22.5. The van der Waals surface area contributed by atoms with E-state index < -0.39 is 0 Å². The Morgan fingerprint density at radius 1 is 1.42 bits per heavy atom. The lowest BCUT2D eigenvalue weighted by atomic mass is 10.1. The van der Waals surface area contributed by atoms with E-state index in [0.29, 0.717) is 18.9 Å². The zero-order chi connectivity index (χ0) is 16.7. The number of nitrogens with zero attached hydrogens (tertiary/aromatic N) is 3.